The SMILES string of the molecule is O=[N+]([O-])C1C(c2ccco2)C([N+](=O)[O-])[C@]2(O)C[C@H]1[C@H]1CO[C@@H]2O1. The number of hydrogen-bond donors (Lipinski definition) is 1. The number of nitrogens with zero attached hydrogens (tertiary/aromatic N) is 2. The molecule has 2 saturated heterocycles. The van der Waals surface area contributed by atoms with Crippen LogP contribution in [0.3, 0.4) is 0 Å². The van der Waals surface area contributed by atoms with Crippen LogP contribution in [0.25, 0.3) is 0 Å². The van der Waals surface area contributed by atoms with Crippen molar-refractivity contribution in [1.29, 1.82) is 0 Å². The molecule has 23 heavy (non-hydrogen) atoms. The third kappa shape index (κ3) is 1.85. The second-order valence-electron chi connectivity index (χ2n) is 6.25. The summed E-state index contributed by atoms with van der Waals surface area (Å²) >= 11 is 0. The van der Waals surface area contributed by atoms with Crippen molar-refractivity contribution in [2.24, 2.45) is 5.92 Å². The fourth-order valence-corrected chi connectivity index (χ4v) is 4.28. The molecule has 4 rings (SSSR count). The zero-order valence-corrected chi connectivity index (χ0v) is 11.8. The first kappa shape index (κ1) is 14.5. The topological polar surface area (TPSA) is 138 Å². The predicted octanol–water partition coefficient (Wildman–Crippen LogP) is 0.160. The minimum atomic E-state index is -1.93. The molecule has 3 heterocycles. The molecule has 10 nitrogen and oxygen atoms in total. The average Bonchev–Trinajstić information content (AvgIpc) is 3.15. The monoisotopic (exact) mass is 326 g/mol. The Balaban J connectivity index is 1.89. The maximum Gasteiger partial charge on any atom is 0.262 e. The quantitative estimate of drug-likeness (QED) is 0.612. The fourth-order valence-electron chi connectivity index (χ4n) is 4.28. The van der Waals surface area contributed by atoms with Gasteiger partial charge in [0.1, 0.15) is 5.76 Å². The first-order chi connectivity index (χ1) is 10.9. The summed E-state index contributed by atoms with van der Waals surface area (Å²) in [5, 5.41) is 34.3. The Morgan fingerprint density at radius 2 is 2.09 bits per heavy atom. The van der Waals surface area contributed by atoms with Crippen LogP contribution in [0, 0.1) is 26.1 Å². The average molecular weight is 326 g/mol. The van der Waals surface area contributed by atoms with E-state index in [1.165, 1.54) is 18.4 Å². The molecule has 3 aliphatic rings. The van der Waals surface area contributed by atoms with Gasteiger partial charge in [-0.15, -0.1) is 0 Å². The van der Waals surface area contributed by atoms with Crippen LogP contribution in [0.5, 0.6) is 0 Å². The van der Waals surface area contributed by atoms with Crippen LogP contribution in [-0.2, 0) is 9.47 Å². The van der Waals surface area contributed by atoms with Crippen LogP contribution in [0.15, 0.2) is 22.8 Å². The van der Waals surface area contributed by atoms with E-state index in [2.05, 4.69) is 0 Å². The molecule has 4 bridgehead atoms. The van der Waals surface area contributed by atoms with Crippen LogP contribution in [0.1, 0.15) is 18.1 Å². The van der Waals surface area contributed by atoms with E-state index in [0.717, 1.165) is 0 Å². The number of fused-ring (bicyclic) bond motifs is 6. The maximum absolute atomic E-state index is 11.7. The molecule has 10 heteroatoms. The number of furan rings is 1. The van der Waals surface area contributed by atoms with Crippen molar-refractivity contribution in [3.05, 3.63) is 44.4 Å². The summed E-state index contributed by atoms with van der Waals surface area (Å²) in [6.07, 6.45) is -0.499. The van der Waals surface area contributed by atoms with Crippen molar-refractivity contribution in [3.8, 4) is 0 Å². The van der Waals surface area contributed by atoms with Crippen LogP contribution in [0.4, 0.5) is 0 Å². The lowest BCUT2D eigenvalue weighted by Gasteiger charge is -2.48. The van der Waals surface area contributed by atoms with Crippen molar-refractivity contribution in [3.63, 3.8) is 0 Å². The molecule has 0 radical (unpaired) electrons. The Hall–Kier alpha value is -2.04. The maximum atomic E-state index is 11.7. The number of hydrogen-bond acceptors (Lipinski definition) is 8. The van der Waals surface area contributed by atoms with E-state index in [4.69, 9.17) is 13.9 Å². The van der Waals surface area contributed by atoms with E-state index >= 15 is 0 Å². The van der Waals surface area contributed by atoms with Gasteiger partial charge in [0, 0.05) is 9.85 Å². The van der Waals surface area contributed by atoms with Gasteiger partial charge in [-0.3, -0.25) is 20.2 Å². The Morgan fingerprint density at radius 1 is 1.30 bits per heavy atom. The first-order valence-electron chi connectivity index (χ1n) is 7.23. The van der Waals surface area contributed by atoms with Crippen LogP contribution < -0.4 is 0 Å². The lowest BCUT2D eigenvalue weighted by Crippen LogP contribution is -2.69. The third-order valence-corrected chi connectivity index (χ3v) is 5.16. The van der Waals surface area contributed by atoms with Gasteiger partial charge in [0.25, 0.3) is 6.04 Å². The molecule has 124 valence electrons. The summed E-state index contributed by atoms with van der Waals surface area (Å²) in [7, 11) is 0. The summed E-state index contributed by atoms with van der Waals surface area (Å²) in [5.74, 6) is -1.74. The molecular weight excluding hydrogens is 312 g/mol. The zero-order valence-electron chi connectivity index (χ0n) is 11.8. The Labute approximate surface area is 129 Å². The molecule has 1 aromatic rings. The van der Waals surface area contributed by atoms with E-state index < -0.39 is 51.8 Å². The second-order valence-corrected chi connectivity index (χ2v) is 6.25. The van der Waals surface area contributed by atoms with Crippen molar-refractivity contribution < 1.29 is 28.8 Å². The van der Waals surface area contributed by atoms with Gasteiger partial charge in [0.2, 0.25) is 6.04 Å². The Bertz CT molecular complexity index is 648. The van der Waals surface area contributed by atoms with E-state index in [9.17, 15) is 25.3 Å². The molecular formula is C13H14N2O8. The molecule has 3 unspecified atom stereocenters. The summed E-state index contributed by atoms with van der Waals surface area (Å²) < 4.78 is 16.1. The minimum Gasteiger partial charge on any atom is -0.469 e. The molecule has 1 saturated carbocycles. The Morgan fingerprint density at radius 3 is 2.70 bits per heavy atom. The number of aliphatic hydroxyl groups is 1. The summed E-state index contributed by atoms with van der Waals surface area (Å²) in [6.45, 7) is 0.0806. The van der Waals surface area contributed by atoms with Gasteiger partial charge in [-0.25, -0.2) is 0 Å². The highest BCUT2D eigenvalue weighted by Gasteiger charge is 2.73. The highest BCUT2D eigenvalue weighted by atomic mass is 16.7. The summed E-state index contributed by atoms with van der Waals surface area (Å²) in [6, 6.07) is 0.0410. The highest BCUT2D eigenvalue weighted by molar-refractivity contribution is 5.21. The molecule has 3 fully saturated rings. The van der Waals surface area contributed by atoms with Gasteiger partial charge in [0.05, 0.1) is 24.9 Å². The van der Waals surface area contributed by atoms with Crippen LogP contribution in [0.2, 0.25) is 0 Å². The van der Waals surface area contributed by atoms with E-state index in [0.29, 0.717) is 0 Å². The second kappa shape index (κ2) is 4.73. The van der Waals surface area contributed by atoms with Crippen molar-refractivity contribution in [2.75, 3.05) is 6.61 Å². The van der Waals surface area contributed by atoms with Crippen molar-refractivity contribution in [1.82, 2.24) is 0 Å². The molecule has 2 aliphatic heterocycles. The summed E-state index contributed by atoms with van der Waals surface area (Å²) in [5.41, 5.74) is -1.93. The van der Waals surface area contributed by atoms with Crippen molar-refractivity contribution in [2.45, 2.75) is 42.4 Å². The third-order valence-electron chi connectivity index (χ3n) is 5.16. The minimum absolute atomic E-state index is 0.0806. The molecule has 0 spiro atoms. The highest BCUT2D eigenvalue weighted by Crippen LogP contribution is 2.53. The van der Waals surface area contributed by atoms with Gasteiger partial charge < -0.3 is 19.0 Å². The predicted molar refractivity (Wildman–Crippen MR) is 70.7 cm³/mol. The number of nitro groups is 2. The molecule has 1 aliphatic carbocycles. The van der Waals surface area contributed by atoms with Gasteiger partial charge >= 0.3 is 0 Å². The Kier molecular flexibility index (Phi) is 2.99. The lowest BCUT2D eigenvalue weighted by atomic mass is 9.62. The summed E-state index contributed by atoms with van der Waals surface area (Å²) in [4.78, 5) is 22.1. The zero-order chi connectivity index (χ0) is 16.4. The lowest BCUT2D eigenvalue weighted by molar-refractivity contribution is -0.608. The van der Waals surface area contributed by atoms with E-state index in [1.54, 1.807) is 0 Å². The number of rotatable bonds is 3. The molecule has 0 aromatic carbocycles. The largest absolute Gasteiger partial charge is 0.469 e. The molecule has 1 N–H and O–H groups in total. The molecule has 0 amide bonds. The van der Waals surface area contributed by atoms with Gasteiger partial charge in [-0.05, 0) is 18.6 Å². The van der Waals surface area contributed by atoms with E-state index in [1.807, 2.05) is 0 Å². The molecule has 7 atom stereocenters. The van der Waals surface area contributed by atoms with Crippen LogP contribution in [-0.4, -0.2) is 51.6 Å². The first-order valence-corrected chi connectivity index (χ1v) is 7.23. The smallest absolute Gasteiger partial charge is 0.262 e. The van der Waals surface area contributed by atoms with Crippen LogP contribution >= 0.6 is 0 Å². The normalized spacial score (nSPS) is 44.9. The van der Waals surface area contributed by atoms with Gasteiger partial charge in [-0.1, -0.05) is 0 Å². The van der Waals surface area contributed by atoms with Gasteiger partial charge in [-0.2, -0.15) is 0 Å². The van der Waals surface area contributed by atoms with Gasteiger partial charge in [0.15, 0.2) is 17.8 Å². The number of ether oxygens (including phenoxy) is 2. The van der Waals surface area contributed by atoms with Crippen molar-refractivity contribution >= 4 is 0 Å². The van der Waals surface area contributed by atoms with E-state index in [-0.39, 0.29) is 18.8 Å². The fraction of sp³-hybridized carbons (Fsp3) is 0.692. The standard InChI is InChI=1S/C13H14N2O8/c16-13-4-6(8-5-22-12(13)23-8)10(14(17)18)9(11(13)15(19)20)7-2-1-3-21-7/h1-3,6,8-12,16H,4-5H2/t6-,8+,9?,10?,11?,12+,13+/m0/s1. The molecule has 1 aromatic heterocycles.